The van der Waals surface area contributed by atoms with Crippen LogP contribution in [0.5, 0.6) is 0 Å². The van der Waals surface area contributed by atoms with E-state index in [1.807, 2.05) is 32.0 Å². The van der Waals surface area contributed by atoms with Gasteiger partial charge in [0.2, 0.25) is 0 Å². The third-order valence-electron chi connectivity index (χ3n) is 3.16. The molecule has 104 valence electrons. The number of hydrogen-bond donors (Lipinski definition) is 3. The first-order valence-electron chi connectivity index (χ1n) is 6.31. The SMILES string of the molecule is CCC(C)C(NC(=O)Nc1ccccc1C)C(=O)O. The van der Waals surface area contributed by atoms with Crippen LogP contribution in [0.25, 0.3) is 0 Å². The number of aryl methyl sites for hydroxylation is 1. The number of carboxylic acids is 1. The van der Waals surface area contributed by atoms with Crippen LogP contribution in [-0.4, -0.2) is 23.1 Å². The van der Waals surface area contributed by atoms with Gasteiger partial charge in [-0.2, -0.15) is 0 Å². The number of carboxylic acid groups (broad SMARTS) is 1. The highest BCUT2D eigenvalue weighted by Crippen LogP contribution is 2.13. The summed E-state index contributed by atoms with van der Waals surface area (Å²) in [5.74, 6) is -1.14. The van der Waals surface area contributed by atoms with Crippen LogP contribution in [0.1, 0.15) is 25.8 Å². The van der Waals surface area contributed by atoms with Crippen LogP contribution in [0, 0.1) is 12.8 Å². The zero-order chi connectivity index (χ0) is 14.4. The maximum atomic E-state index is 11.8. The summed E-state index contributed by atoms with van der Waals surface area (Å²) in [4.78, 5) is 22.9. The molecule has 1 aromatic carbocycles. The van der Waals surface area contributed by atoms with Crippen molar-refractivity contribution in [1.82, 2.24) is 5.32 Å². The molecule has 0 heterocycles. The number of amides is 2. The van der Waals surface area contributed by atoms with Gasteiger partial charge in [0.1, 0.15) is 6.04 Å². The molecule has 0 aliphatic rings. The van der Waals surface area contributed by atoms with Gasteiger partial charge in [0.05, 0.1) is 0 Å². The Morgan fingerprint density at radius 3 is 2.47 bits per heavy atom. The van der Waals surface area contributed by atoms with Crippen LogP contribution in [0.15, 0.2) is 24.3 Å². The molecule has 0 saturated heterocycles. The van der Waals surface area contributed by atoms with Gasteiger partial charge >= 0.3 is 12.0 Å². The monoisotopic (exact) mass is 264 g/mol. The topological polar surface area (TPSA) is 78.4 Å². The number of benzene rings is 1. The van der Waals surface area contributed by atoms with Gasteiger partial charge < -0.3 is 15.7 Å². The van der Waals surface area contributed by atoms with Gasteiger partial charge in [0, 0.05) is 5.69 Å². The summed E-state index contributed by atoms with van der Waals surface area (Å²) in [6, 6.07) is 5.95. The van der Waals surface area contributed by atoms with Crippen molar-refractivity contribution < 1.29 is 14.7 Å². The van der Waals surface area contributed by atoms with Crippen molar-refractivity contribution in [2.45, 2.75) is 33.2 Å². The molecule has 0 bridgehead atoms. The van der Waals surface area contributed by atoms with Gasteiger partial charge in [-0.25, -0.2) is 9.59 Å². The number of rotatable bonds is 5. The standard InChI is InChI=1S/C14H20N2O3/c1-4-9(2)12(13(17)18)16-14(19)15-11-8-6-5-7-10(11)3/h5-9,12H,4H2,1-3H3,(H,17,18)(H2,15,16,19). The second-order valence-electron chi connectivity index (χ2n) is 4.61. The van der Waals surface area contributed by atoms with Gasteiger partial charge in [-0.15, -0.1) is 0 Å². The molecular formula is C14H20N2O3. The Hall–Kier alpha value is -2.04. The molecule has 0 saturated carbocycles. The van der Waals surface area contributed by atoms with Crippen LogP contribution in [0.3, 0.4) is 0 Å². The first-order valence-corrected chi connectivity index (χ1v) is 6.31. The van der Waals surface area contributed by atoms with Crippen LogP contribution in [-0.2, 0) is 4.79 Å². The molecule has 2 amide bonds. The lowest BCUT2D eigenvalue weighted by Gasteiger charge is -2.20. The lowest BCUT2D eigenvalue weighted by atomic mass is 9.99. The van der Waals surface area contributed by atoms with Crippen LogP contribution in [0.4, 0.5) is 10.5 Å². The summed E-state index contributed by atoms with van der Waals surface area (Å²) in [6.45, 7) is 5.56. The van der Waals surface area contributed by atoms with E-state index in [9.17, 15) is 9.59 Å². The maximum Gasteiger partial charge on any atom is 0.326 e. The van der Waals surface area contributed by atoms with Gasteiger partial charge in [0.15, 0.2) is 0 Å². The highest BCUT2D eigenvalue weighted by atomic mass is 16.4. The van der Waals surface area contributed by atoms with Gasteiger partial charge in [-0.1, -0.05) is 38.5 Å². The van der Waals surface area contributed by atoms with E-state index in [2.05, 4.69) is 10.6 Å². The normalized spacial score (nSPS) is 13.4. The lowest BCUT2D eigenvalue weighted by molar-refractivity contribution is -0.140. The maximum absolute atomic E-state index is 11.8. The van der Waals surface area contributed by atoms with E-state index in [0.29, 0.717) is 12.1 Å². The zero-order valence-electron chi connectivity index (χ0n) is 11.4. The summed E-state index contributed by atoms with van der Waals surface area (Å²) < 4.78 is 0. The van der Waals surface area contributed by atoms with E-state index in [1.165, 1.54) is 0 Å². The fourth-order valence-corrected chi connectivity index (χ4v) is 1.70. The third kappa shape index (κ3) is 4.28. The fourth-order valence-electron chi connectivity index (χ4n) is 1.70. The quantitative estimate of drug-likeness (QED) is 0.765. The van der Waals surface area contributed by atoms with Crippen molar-refractivity contribution >= 4 is 17.7 Å². The molecule has 0 spiro atoms. The molecule has 2 atom stereocenters. The summed E-state index contributed by atoms with van der Waals surface area (Å²) in [5, 5.41) is 14.3. The van der Waals surface area contributed by atoms with E-state index in [1.54, 1.807) is 13.0 Å². The predicted molar refractivity (Wildman–Crippen MR) is 74.2 cm³/mol. The predicted octanol–water partition coefficient (Wildman–Crippen LogP) is 2.62. The largest absolute Gasteiger partial charge is 0.480 e. The molecule has 0 aromatic heterocycles. The lowest BCUT2D eigenvalue weighted by Crippen LogP contribution is -2.46. The second kappa shape index (κ2) is 6.78. The average molecular weight is 264 g/mol. The Labute approximate surface area is 113 Å². The summed E-state index contributed by atoms with van der Waals surface area (Å²) >= 11 is 0. The summed E-state index contributed by atoms with van der Waals surface area (Å²) in [7, 11) is 0. The number of carbonyl (C=O) groups excluding carboxylic acids is 1. The summed E-state index contributed by atoms with van der Waals surface area (Å²) in [5.41, 5.74) is 1.60. The van der Waals surface area contributed by atoms with Crippen molar-refractivity contribution in [2.24, 2.45) is 5.92 Å². The van der Waals surface area contributed by atoms with Gasteiger partial charge in [0.25, 0.3) is 0 Å². The minimum Gasteiger partial charge on any atom is -0.480 e. The smallest absolute Gasteiger partial charge is 0.326 e. The number of anilines is 1. The number of nitrogens with one attached hydrogen (secondary N) is 2. The highest BCUT2D eigenvalue weighted by Gasteiger charge is 2.25. The Kier molecular flexibility index (Phi) is 5.36. The van der Waals surface area contributed by atoms with Crippen molar-refractivity contribution in [2.75, 3.05) is 5.32 Å². The Balaban J connectivity index is 2.68. The Morgan fingerprint density at radius 1 is 1.32 bits per heavy atom. The van der Waals surface area contributed by atoms with E-state index in [0.717, 1.165) is 5.56 Å². The molecule has 1 aromatic rings. The average Bonchev–Trinajstić information content (AvgIpc) is 2.37. The van der Waals surface area contributed by atoms with Crippen LogP contribution < -0.4 is 10.6 Å². The van der Waals surface area contributed by atoms with E-state index >= 15 is 0 Å². The number of hydrogen-bond acceptors (Lipinski definition) is 2. The van der Waals surface area contributed by atoms with Crippen LogP contribution in [0.2, 0.25) is 0 Å². The molecule has 0 fully saturated rings. The first-order chi connectivity index (χ1) is 8.95. The Bertz CT molecular complexity index is 460. The molecule has 1 rings (SSSR count). The molecule has 5 nitrogen and oxygen atoms in total. The molecule has 3 N–H and O–H groups in total. The van der Waals surface area contributed by atoms with Gasteiger partial charge in [-0.3, -0.25) is 0 Å². The van der Waals surface area contributed by atoms with Crippen molar-refractivity contribution in [3.05, 3.63) is 29.8 Å². The zero-order valence-corrected chi connectivity index (χ0v) is 11.4. The fraction of sp³-hybridized carbons (Fsp3) is 0.429. The van der Waals surface area contributed by atoms with Crippen molar-refractivity contribution in [3.8, 4) is 0 Å². The molecular weight excluding hydrogens is 244 g/mol. The molecule has 0 radical (unpaired) electrons. The van der Waals surface area contributed by atoms with Gasteiger partial charge in [-0.05, 0) is 24.5 Å². The van der Waals surface area contributed by atoms with E-state index < -0.39 is 18.0 Å². The van der Waals surface area contributed by atoms with Crippen LogP contribution >= 0.6 is 0 Å². The molecule has 19 heavy (non-hydrogen) atoms. The first kappa shape index (κ1) is 15.0. The minimum atomic E-state index is -1.02. The highest BCUT2D eigenvalue weighted by molar-refractivity contribution is 5.92. The molecule has 0 aliphatic carbocycles. The summed E-state index contributed by atoms with van der Waals surface area (Å²) in [6.07, 6.45) is 0.682. The van der Waals surface area contributed by atoms with E-state index in [-0.39, 0.29) is 5.92 Å². The molecule has 5 heteroatoms. The number of aliphatic carboxylic acids is 1. The van der Waals surface area contributed by atoms with E-state index in [4.69, 9.17) is 5.11 Å². The third-order valence-corrected chi connectivity index (χ3v) is 3.16. The Morgan fingerprint density at radius 2 is 1.95 bits per heavy atom. The second-order valence-corrected chi connectivity index (χ2v) is 4.61. The number of urea groups is 1. The number of carbonyl (C=O) groups is 2. The number of para-hydroxylation sites is 1. The minimum absolute atomic E-state index is 0.125. The van der Waals surface area contributed by atoms with Crippen molar-refractivity contribution in [1.29, 1.82) is 0 Å². The molecule has 2 unspecified atom stereocenters. The van der Waals surface area contributed by atoms with Crippen molar-refractivity contribution in [3.63, 3.8) is 0 Å². The molecule has 0 aliphatic heterocycles.